The number of phenols is 1. The van der Waals surface area contributed by atoms with E-state index in [0.29, 0.717) is 11.7 Å². The van der Waals surface area contributed by atoms with Gasteiger partial charge in [-0.3, -0.25) is 0 Å². The van der Waals surface area contributed by atoms with Crippen molar-refractivity contribution in [2.24, 2.45) is 0 Å². The molecule has 2 heteroatoms. The minimum absolute atomic E-state index is 0.462. The predicted molar refractivity (Wildman–Crippen MR) is 104 cm³/mol. The van der Waals surface area contributed by atoms with E-state index in [4.69, 9.17) is 0 Å². The molecule has 2 aromatic carbocycles. The Morgan fingerprint density at radius 3 is 2.64 bits per heavy atom. The van der Waals surface area contributed by atoms with E-state index in [-0.39, 0.29) is 0 Å². The van der Waals surface area contributed by atoms with Crippen LogP contribution in [0.25, 0.3) is 0 Å². The summed E-state index contributed by atoms with van der Waals surface area (Å²) in [5.41, 5.74) is 6.91. The molecule has 0 aromatic heterocycles. The van der Waals surface area contributed by atoms with Gasteiger partial charge in [-0.05, 0) is 99.3 Å². The number of nitrogens with zero attached hydrogens (tertiary/aromatic N) is 1. The Morgan fingerprint density at radius 1 is 1.08 bits per heavy atom. The second-order valence-corrected chi connectivity index (χ2v) is 8.05. The first kappa shape index (κ1) is 16.7. The van der Waals surface area contributed by atoms with Crippen molar-refractivity contribution in [3.8, 4) is 5.75 Å². The zero-order valence-electron chi connectivity index (χ0n) is 15.5. The van der Waals surface area contributed by atoms with Gasteiger partial charge in [-0.1, -0.05) is 30.3 Å². The quantitative estimate of drug-likeness (QED) is 0.872. The fourth-order valence-electron chi connectivity index (χ4n) is 4.78. The van der Waals surface area contributed by atoms with Gasteiger partial charge in [0.1, 0.15) is 5.75 Å². The van der Waals surface area contributed by atoms with Crippen molar-refractivity contribution in [3.05, 3.63) is 64.2 Å². The lowest BCUT2D eigenvalue weighted by Gasteiger charge is -2.29. The van der Waals surface area contributed by atoms with Gasteiger partial charge in [-0.15, -0.1) is 0 Å². The maximum absolute atomic E-state index is 10.3. The van der Waals surface area contributed by atoms with Crippen LogP contribution in [0.1, 0.15) is 58.9 Å². The minimum atomic E-state index is 0.462. The molecule has 1 heterocycles. The Bertz CT molecular complexity index is 759. The number of hydrogen-bond donors (Lipinski definition) is 1. The van der Waals surface area contributed by atoms with Gasteiger partial charge in [0.15, 0.2) is 0 Å². The van der Waals surface area contributed by atoms with Crippen LogP contribution in [0.2, 0.25) is 0 Å². The average molecular weight is 335 g/mol. The molecule has 0 saturated carbocycles. The molecule has 1 aliphatic heterocycles. The Balaban J connectivity index is 1.51. The van der Waals surface area contributed by atoms with Gasteiger partial charge in [0.25, 0.3) is 0 Å². The summed E-state index contributed by atoms with van der Waals surface area (Å²) in [6, 6.07) is 13.1. The van der Waals surface area contributed by atoms with Crippen LogP contribution in [0.5, 0.6) is 5.75 Å². The third kappa shape index (κ3) is 3.32. The Labute approximate surface area is 151 Å². The molecule has 0 amide bonds. The highest BCUT2D eigenvalue weighted by Gasteiger charge is 2.26. The monoisotopic (exact) mass is 335 g/mol. The zero-order valence-corrected chi connectivity index (χ0v) is 15.5. The number of hydrogen-bond acceptors (Lipinski definition) is 2. The number of likely N-dealkylation sites (tertiary alicyclic amines) is 1. The highest BCUT2D eigenvalue weighted by molar-refractivity contribution is 5.46. The maximum atomic E-state index is 10.3. The van der Waals surface area contributed by atoms with Crippen LogP contribution in [0, 0.1) is 6.92 Å². The Hall–Kier alpha value is -1.80. The highest BCUT2D eigenvalue weighted by atomic mass is 16.3. The third-order valence-corrected chi connectivity index (χ3v) is 6.37. The second-order valence-electron chi connectivity index (χ2n) is 8.05. The van der Waals surface area contributed by atoms with E-state index in [2.05, 4.69) is 43.1 Å². The molecule has 1 unspecified atom stereocenters. The molecule has 1 fully saturated rings. The van der Waals surface area contributed by atoms with Crippen molar-refractivity contribution < 1.29 is 5.11 Å². The molecule has 2 aromatic rings. The lowest BCUT2D eigenvalue weighted by atomic mass is 9.85. The molecule has 1 saturated heterocycles. The fraction of sp³-hybridized carbons (Fsp3) is 0.478. The van der Waals surface area contributed by atoms with Crippen molar-refractivity contribution >= 4 is 0 Å². The summed E-state index contributed by atoms with van der Waals surface area (Å²) in [5, 5.41) is 10.3. The third-order valence-electron chi connectivity index (χ3n) is 6.37. The summed E-state index contributed by atoms with van der Waals surface area (Å²) in [4.78, 5) is 2.43. The molecule has 4 rings (SSSR count). The molecule has 1 atom stereocenters. The van der Waals surface area contributed by atoms with Crippen molar-refractivity contribution in [1.82, 2.24) is 4.90 Å². The van der Waals surface area contributed by atoms with Crippen LogP contribution < -0.4 is 0 Å². The van der Waals surface area contributed by atoms with Gasteiger partial charge in [-0.2, -0.15) is 0 Å². The van der Waals surface area contributed by atoms with Crippen LogP contribution in [-0.4, -0.2) is 30.1 Å². The van der Waals surface area contributed by atoms with Crippen molar-refractivity contribution in [2.45, 2.75) is 50.9 Å². The largest absolute Gasteiger partial charge is 0.508 e. The molecule has 1 N–H and O–H groups in total. The predicted octanol–water partition coefficient (Wildman–Crippen LogP) is 4.78. The fourth-order valence-corrected chi connectivity index (χ4v) is 4.78. The number of phenolic OH excluding ortho intramolecular Hbond substituents is 1. The van der Waals surface area contributed by atoms with Crippen LogP contribution in [0.4, 0.5) is 0 Å². The van der Waals surface area contributed by atoms with Crippen molar-refractivity contribution in [1.29, 1.82) is 0 Å². The van der Waals surface area contributed by atoms with E-state index < -0.39 is 0 Å². The first-order valence-electron chi connectivity index (χ1n) is 9.70. The Morgan fingerprint density at radius 2 is 1.88 bits per heavy atom. The van der Waals surface area contributed by atoms with Gasteiger partial charge in [0.05, 0.1) is 0 Å². The normalized spacial score (nSPS) is 21.4. The van der Waals surface area contributed by atoms with E-state index >= 15 is 0 Å². The number of aromatic hydroxyl groups is 1. The molecule has 0 bridgehead atoms. The second kappa shape index (κ2) is 6.84. The molecule has 25 heavy (non-hydrogen) atoms. The summed E-state index contributed by atoms with van der Waals surface area (Å²) in [6.45, 7) is 4.68. The lowest BCUT2D eigenvalue weighted by molar-refractivity contribution is 0.255. The van der Waals surface area contributed by atoms with Gasteiger partial charge < -0.3 is 10.0 Å². The first-order valence-corrected chi connectivity index (χ1v) is 9.70. The molecule has 2 aliphatic rings. The first-order chi connectivity index (χ1) is 12.1. The topological polar surface area (TPSA) is 23.5 Å². The van der Waals surface area contributed by atoms with Gasteiger partial charge in [-0.25, -0.2) is 0 Å². The van der Waals surface area contributed by atoms with Crippen LogP contribution in [-0.2, 0) is 12.8 Å². The highest BCUT2D eigenvalue weighted by Crippen LogP contribution is 2.41. The average Bonchev–Trinajstić information content (AvgIpc) is 3.02. The number of piperidine rings is 1. The van der Waals surface area contributed by atoms with Crippen molar-refractivity contribution in [3.63, 3.8) is 0 Å². The smallest absolute Gasteiger partial charge is 0.119 e. The lowest BCUT2D eigenvalue weighted by Crippen LogP contribution is -2.29. The van der Waals surface area contributed by atoms with E-state index in [1.807, 2.05) is 12.1 Å². The standard InChI is InChI=1S/C23H29NO/c1-16-14-20(17-10-12-24(2)13-11-17)8-7-19(16)15-21-9-6-18-4-3-5-22(25)23(18)21/h3-5,7-8,14,17,21,25H,6,9-13,15H2,1-2H3. The summed E-state index contributed by atoms with van der Waals surface area (Å²) in [5.74, 6) is 1.67. The molecule has 0 radical (unpaired) electrons. The molecule has 132 valence electrons. The van der Waals surface area contributed by atoms with Gasteiger partial charge >= 0.3 is 0 Å². The molecule has 1 aliphatic carbocycles. The van der Waals surface area contributed by atoms with E-state index in [1.54, 1.807) is 0 Å². The molecular formula is C23H29NO. The SMILES string of the molecule is Cc1cc(C2CCN(C)CC2)ccc1CC1CCc2cccc(O)c21. The number of benzene rings is 2. The minimum Gasteiger partial charge on any atom is -0.508 e. The maximum Gasteiger partial charge on any atom is 0.119 e. The summed E-state index contributed by atoms with van der Waals surface area (Å²) >= 11 is 0. The molecular weight excluding hydrogens is 306 g/mol. The van der Waals surface area contributed by atoms with Gasteiger partial charge in [0, 0.05) is 5.56 Å². The number of fused-ring (bicyclic) bond motifs is 1. The van der Waals surface area contributed by atoms with Crippen molar-refractivity contribution in [2.75, 3.05) is 20.1 Å². The van der Waals surface area contributed by atoms with E-state index in [1.165, 1.54) is 53.7 Å². The molecule has 0 spiro atoms. The van der Waals surface area contributed by atoms with Crippen LogP contribution in [0.15, 0.2) is 36.4 Å². The number of aryl methyl sites for hydroxylation is 2. The van der Waals surface area contributed by atoms with Gasteiger partial charge in [0.2, 0.25) is 0 Å². The zero-order chi connectivity index (χ0) is 17.4. The van der Waals surface area contributed by atoms with Crippen LogP contribution >= 0.6 is 0 Å². The number of rotatable bonds is 3. The summed E-state index contributed by atoms with van der Waals surface area (Å²) in [6.07, 6.45) is 5.85. The molecule has 2 nitrogen and oxygen atoms in total. The van der Waals surface area contributed by atoms with E-state index in [9.17, 15) is 5.11 Å². The van der Waals surface area contributed by atoms with E-state index in [0.717, 1.165) is 25.2 Å². The summed E-state index contributed by atoms with van der Waals surface area (Å²) < 4.78 is 0. The van der Waals surface area contributed by atoms with Crippen LogP contribution in [0.3, 0.4) is 0 Å². The summed E-state index contributed by atoms with van der Waals surface area (Å²) in [7, 11) is 2.22. The Kier molecular flexibility index (Phi) is 4.56.